The van der Waals surface area contributed by atoms with E-state index in [9.17, 15) is 63.7 Å². The summed E-state index contributed by atoms with van der Waals surface area (Å²) in [5.74, 6) is 1.81. The van der Waals surface area contributed by atoms with Crippen molar-refractivity contribution in [2.24, 2.45) is 0 Å². The van der Waals surface area contributed by atoms with Crippen LogP contribution < -0.4 is 16.0 Å². The number of hydrogen-bond acceptors (Lipinski definition) is 23. The van der Waals surface area contributed by atoms with Crippen LogP contribution in [0.2, 0.25) is 0 Å². The van der Waals surface area contributed by atoms with Crippen LogP contribution in [0.25, 0.3) is 63.4 Å². The molecule has 24 nitrogen and oxygen atoms in total. The van der Waals surface area contributed by atoms with Crippen molar-refractivity contribution in [1.29, 1.82) is 15.8 Å². The minimum atomic E-state index is -4.26. The predicted molar refractivity (Wildman–Crippen MR) is 509 cm³/mol. The van der Waals surface area contributed by atoms with Crippen LogP contribution in [0.5, 0.6) is 0 Å². The van der Waals surface area contributed by atoms with Crippen LogP contribution in [0.1, 0.15) is 163 Å². The highest BCUT2D eigenvalue weighted by atomic mass is 32.2. The van der Waals surface area contributed by atoms with Gasteiger partial charge in [-0.1, -0.05) is 31.0 Å². The van der Waals surface area contributed by atoms with Gasteiger partial charge in [0.2, 0.25) is 10.0 Å². The number of thiophene rings is 3. The molecule has 133 heavy (non-hydrogen) atoms. The smallest absolute Gasteiger partial charge is 0.367 e. The molecule has 9 aromatic heterocycles. The molecule has 0 saturated carbocycles. The summed E-state index contributed by atoms with van der Waals surface area (Å²) >= 11 is 3.21. The SMILES string of the molecule is Cc1c(CN2CCC(Nc3ncnc4sc(CC(F)(F)F)cc34)CC2)ccc2c1cc(C#N)n2CC(C)N1CCCCC1.Cc1c(CN2CCC(Nc3ncnc4sc(CC(F)(F)F)cc34)CC2)ccc2c1cc(C#N)n2CC(C)N1CCCCC1.Cc1c(CN2CCC(Nc3ncnc4sc(CC(F)(F)F)cc34)CC2)ccc2c1cc(C#N)n2CC(C)N1CCN(S(C)(=O)=O)CC1. The first-order valence-corrected chi connectivity index (χ1v) is 50.6. The number of sulfonamides is 1. The van der Waals surface area contributed by atoms with E-state index >= 15 is 0 Å². The van der Waals surface area contributed by atoms with Gasteiger partial charge in [0.1, 0.15) is 86.2 Å². The van der Waals surface area contributed by atoms with Crippen LogP contribution in [-0.2, 0) is 68.6 Å². The summed E-state index contributed by atoms with van der Waals surface area (Å²) in [6.07, 6.45) is 2.91. The van der Waals surface area contributed by atoms with Gasteiger partial charge in [-0.15, -0.1) is 34.0 Å². The molecule has 0 aliphatic carbocycles. The van der Waals surface area contributed by atoms with Crippen molar-refractivity contribution in [1.82, 2.24) is 77.3 Å². The van der Waals surface area contributed by atoms with Crippen molar-refractivity contribution in [3.8, 4) is 18.2 Å². The van der Waals surface area contributed by atoms with E-state index in [2.05, 4.69) is 197 Å². The second kappa shape index (κ2) is 41.5. The first-order chi connectivity index (χ1) is 63.6. The van der Waals surface area contributed by atoms with E-state index in [1.54, 1.807) is 18.2 Å². The number of nitrogens with one attached hydrogen (secondary N) is 3. The molecule has 6 saturated heterocycles. The number of nitrogens with zero attached hydrogens (tertiary/aromatic N) is 19. The number of piperazine rings is 1. The third kappa shape index (κ3) is 23.5. The summed E-state index contributed by atoms with van der Waals surface area (Å²) in [5, 5.41) is 45.7. The Morgan fingerprint density at radius 1 is 0.391 bits per heavy atom. The Kier molecular flexibility index (Phi) is 30.1. The fourth-order valence-electron chi connectivity index (χ4n) is 20.2. The number of hydrogen-bond donors (Lipinski definition) is 3. The predicted octanol–water partition coefficient (Wildman–Crippen LogP) is 18.7. The summed E-state index contributed by atoms with van der Waals surface area (Å²) in [6, 6.07) is 32.6. The molecule has 6 fully saturated rings. The molecule has 6 aliphatic rings. The molecule has 37 heteroatoms. The van der Waals surface area contributed by atoms with Crippen LogP contribution in [0, 0.1) is 54.8 Å². The molecular weight excluding hydrogens is 1790 g/mol. The molecule has 12 aromatic rings. The molecule has 0 bridgehead atoms. The van der Waals surface area contributed by atoms with Gasteiger partial charge in [-0.3, -0.25) is 29.4 Å². The topological polar surface area (TPSA) is 256 Å². The molecule has 3 atom stereocenters. The maximum atomic E-state index is 12.9. The van der Waals surface area contributed by atoms with Gasteiger partial charge in [-0.2, -0.15) is 59.6 Å². The van der Waals surface area contributed by atoms with E-state index in [4.69, 9.17) is 0 Å². The number of rotatable bonds is 25. The summed E-state index contributed by atoms with van der Waals surface area (Å²) in [6.45, 7) is 30.0. The third-order valence-corrected chi connectivity index (χ3v) is 32.1. The van der Waals surface area contributed by atoms with Crippen LogP contribution in [0.4, 0.5) is 57.0 Å². The van der Waals surface area contributed by atoms with Crippen LogP contribution in [0.15, 0.2) is 91.8 Å². The lowest BCUT2D eigenvalue weighted by molar-refractivity contribution is -0.127. The Labute approximate surface area is 781 Å². The third-order valence-electron chi connectivity index (χ3n) is 27.7. The Morgan fingerprint density at radius 2 is 0.669 bits per heavy atom. The van der Waals surface area contributed by atoms with E-state index in [1.165, 1.54) is 95.9 Å². The number of benzene rings is 3. The number of piperidine rings is 5. The summed E-state index contributed by atoms with van der Waals surface area (Å²) < 4.78 is 148. The second-order valence-electron chi connectivity index (χ2n) is 37.0. The van der Waals surface area contributed by atoms with Gasteiger partial charge in [0.15, 0.2) is 0 Å². The van der Waals surface area contributed by atoms with Crippen molar-refractivity contribution >= 4 is 125 Å². The maximum absolute atomic E-state index is 12.9. The van der Waals surface area contributed by atoms with Crippen LogP contribution >= 0.6 is 34.0 Å². The monoisotopic (exact) mass is 1910 g/mol. The van der Waals surface area contributed by atoms with Crippen molar-refractivity contribution in [2.45, 2.75) is 232 Å². The zero-order valence-electron chi connectivity index (χ0n) is 76.2. The van der Waals surface area contributed by atoms with E-state index in [1.807, 2.05) is 6.07 Å². The number of aryl methyl sites for hydroxylation is 3. The Morgan fingerprint density at radius 3 is 0.932 bits per heavy atom. The zero-order chi connectivity index (χ0) is 93.8. The van der Waals surface area contributed by atoms with Crippen LogP contribution in [-0.4, -0.2) is 238 Å². The molecule has 0 amide bonds. The fourth-order valence-corrected chi connectivity index (χ4v) is 24.1. The summed E-state index contributed by atoms with van der Waals surface area (Å²) in [4.78, 5) is 42.8. The number of likely N-dealkylation sites (tertiary alicyclic amines) is 5. The molecule has 708 valence electrons. The zero-order valence-corrected chi connectivity index (χ0v) is 79.5. The highest BCUT2D eigenvalue weighted by Gasteiger charge is 2.36. The number of nitriles is 3. The lowest BCUT2D eigenvalue weighted by Crippen LogP contribution is -2.51. The molecule has 0 radical (unpaired) electrons. The standard InChI is InChI=1S/C32H39F3N8O2S2.2C32H38F3N7S/c1-21(41-10-12-42(13-11-41)47(3,44)45)18-43-25(17-36)14-27-22(2)23(4-5-29(27)43)19-40-8-6-24(7-9-40)39-30-28-15-26(16-32(33,34)35)46-31(28)38-20-37-30;2*1-21(41-10-4-3-5-11-41)18-42-25(17-36)14-27-22(2)23(6-7-29(27)42)19-40-12-8-24(9-13-40)39-30-28-15-26(16-32(33,34)35)43-31(28)38-20-37-30/h4-5,14-15,20-21,24H,6-13,16,18-19H2,1-3H3,(H,37,38,39);2*6-7,14-15,20-21,24H,3-5,8-13,16,18-19H2,1-2H3,(H,37,38,39). The summed E-state index contributed by atoms with van der Waals surface area (Å²) in [7, 11) is -3.19. The summed E-state index contributed by atoms with van der Waals surface area (Å²) in [5.41, 5.74) is 12.7. The maximum Gasteiger partial charge on any atom is 0.393 e. The molecule has 6 aliphatic heterocycles. The van der Waals surface area contributed by atoms with Crippen molar-refractivity contribution in [3.63, 3.8) is 0 Å². The Balaban J connectivity index is 0.000000146. The second-order valence-corrected chi connectivity index (χ2v) is 42.3. The van der Waals surface area contributed by atoms with E-state index < -0.39 is 47.8 Å². The van der Waals surface area contributed by atoms with Gasteiger partial charge in [0.25, 0.3) is 0 Å². The molecule has 18 rings (SSSR count). The minimum Gasteiger partial charge on any atom is -0.367 e. The van der Waals surface area contributed by atoms with Crippen molar-refractivity contribution in [2.75, 3.05) is 114 Å². The minimum absolute atomic E-state index is 0.134. The number of alkyl halides is 9. The molecular formula is C96H115F9N22O2S4. The van der Waals surface area contributed by atoms with Gasteiger partial charge >= 0.3 is 18.5 Å². The quantitative estimate of drug-likeness (QED) is 0.0449. The number of anilines is 3. The van der Waals surface area contributed by atoms with Gasteiger partial charge in [-0.05, 0) is 220 Å². The van der Waals surface area contributed by atoms with Crippen molar-refractivity contribution < 1.29 is 47.9 Å². The molecule has 3 aromatic carbocycles. The van der Waals surface area contributed by atoms with E-state index in [0.717, 1.165) is 220 Å². The first-order valence-electron chi connectivity index (χ1n) is 46.3. The largest absolute Gasteiger partial charge is 0.393 e. The number of aromatic nitrogens is 9. The highest BCUT2D eigenvalue weighted by Crippen LogP contribution is 2.40. The van der Waals surface area contributed by atoms with Gasteiger partial charge in [0.05, 0.1) is 41.7 Å². The normalized spacial score (nSPS) is 18.4. The Hall–Kier alpha value is -9.69. The number of halogens is 9. The van der Waals surface area contributed by atoms with E-state index in [-0.39, 0.29) is 38.8 Å². The number of fused-ring (bicyclic) bond motifs is 6. The average Bonchev–Trinajstić information content (AvgIpc) is 1.63. The molecule has 3 N–H and O–H groups in total. The lowest BCUT2D eigenvalue weighted by atomic mass is 10.0. The van der Waals surface area contributed by atoms with Gasteiger partial charge in [-0.25, -0.2) is 38.3 Å². The fraction of sp³-hybridized carbons (Fsp3) is 0.531. The molecule has 0 spiro atoms. The average molecular weight is 1910 g/mol. The molecule has 15 heterocycles. The lowest BCUT2D eigenvalue weighted by Gasteiger charge is -2.37. The van der Waals surface area contributed by atoms with Gasteiger partial charge < -0.3 is 29.7 Å². The highest BCUT2D eigenvalue weighted by molar-refractivity contribution is 7.88. The first kappa shape index (κ1) is 96.4. The van der Waals surface area contributed by atoms with Gasteiger partial charge in [0, 0.05) is 188 Å². The Bertz CT molecular complexity index is 6110. The van der Waals surface area contributed by atoms with Crippen molar-refractivity contribution in [3.05, 3.63) is 157 Å². The van der Waals surface area contributed by atoms with Crippen LogP contribution in [0.3, 0.4) is 0 Å². The van der Waals surface area contributed by atoms with E-state index in [0.29, 0.717) is 98.6 Å². The molecule has 3 unspecified atom stereocenters.